The number of hydrogen-bond donors (Lipinski definition) is 1. The molecule has 0 saturated carbocycles. The van der Waals surface area contributed by atoms with Crippen molar-refractivity contribution < 1.29 is 9.53 Å². The molecule has 2 aromatic rings. The molecule has 1 fully saturated rings. The standard InChI is InChI=1S/C19H23N3O2/c1-14-10-17(20)7-9-22(14)19(23)16-5-2-6-18(11-16)24-13-15-4-3-8-21-12-15/h2-6,8,11-12,14,17H,7,9-10,13,20H2,1H3/t14-,17-/m0/s1. The Balaban J connectivity index is 1.67. The molecule has 1 aliphatic heterocycles. The van der Waals surface area contributed by atoms with Crippen LogP contribution in [0.15, 0.2) is 48.8 Å². The van der Waals surface area contributed by atoms with E-state index in [0.717, 1.165) is 18.4 Å². The molecule has 126 valence electrons. The number of benzene rings is 1. The van der Waals surface area contributed by atoms with Crippen molar-refractivity contribution in [2.24, 2.45) is 5.73 Å². The summed E-state index contributed by atoms with van der Waals surface area (Å²) in [5.74, 6) is 0.729. The molecule has 1 amide bonds. The van der Waals surface area contributed by atoms with E-state index in [9.17, 15) is 4.79 Å². The summed E-state index contributed by atoms with van der Waals surface area (Å²) < 4.78 is 5.78. The van der Waals surface area contributed by atoms with E-state index in [1.54, 1.807) is 18.5 Å². The maximum absolute atomic E-state index is 12.8. The molecule has 2 heterocycles. The molecule has 0 bridgehead atoms. The van der Waals surface area contributed by atoms with Crippen LogP contribution in [0.3, 0.4) is 0 Å². The Hall–Kier alpha value is -2.40. The van der Waals surface area contributed by atoms with Crippen LogP contribution in [-0.2, 0) is 6.61 Å². The fourth-order valence-electron chi connectivity index (χ4n) is 3.05. The van der Waals surface area contributed by atoms with Gasteiger partial charge in [0.1, 0.15) is 12.4 Å². The van der Waals surface area contributed by atoms with Crippen molar-refractivity contribution in [3.05, 3.63) is 59.9 Å². The SMILES string of the molecule is C[C@H]1C[C@@H](N)CCN1C(=O)c1cccc(OCc2cccnc2)c1. The third-order valence-corrected chi connectivity index (χ3v) is 4.39. The van der Waals surface area contributed by atoms with E-state index in [-0.39, 0.29) is 18.0 Å². The molecule has 2 atom stereocenters. The van der Waals surface area contributed by atoms with Gasteiger partial charge in [-0.3, -0.25) is 9.78 Å². The molecular weight excluding hydrogens is 302 g/mol. The first-order chi connectivity index (χ1) is 11.6. The van der Waals surface area contributed by atoms with Gasteiger partial charge in [-0.05, 0) is 44.0 Å². The number of ether oxygens (including phenoxy) is 1. The molecule has 1 aromatic heterocycles. The Morgan fingerprint density at radius 3 is 3.00 bits per heavy atom. The molecule has 0 aliphatic carbocycles. The van der Waals surface area contributed by atoms with Crippen molar-refractivity contribution >= 4 is 5.91 Å². The molecule has 3 rings (SSSR count). The molecule has 0 unspecified atom stereocenters. The Morgan fingerprint density at radius 1 is 1.38 bits per heavy atom. The molecule has 0 spiro atoms. The molecule has 1 saturated heterocycles. The second-order valence-corrected chi connectivity index (χ2v) is 6.31. The van der Waals surface area contributed by atoms with Gasteiger partial charge >= 0.3 is 0 Å². The van der Waals surface area contributed by atoms with E-state index < -0.39 is 0 Å². The quantitative estimate of drug-likeness (QED) is 0.938. The number of likely N-dealkylation sites (tertiary alicyclic amines) is 1. The highest BCUT2D eigenvalue weighted by atomic mass is 16.5. The van der Waals surface area contributed by atoms with Gasteiger partial charge in [0, 0.05) is 42.1 Å². The zero-order chi connectivity index (χ0) is 16.9. The molecular formula is C19H23N3O2. The minimum absolute atomic E-state index is 0.0428. The molecule has 2 N–H and O–H groups in total. The average Bonchev–Trinajstić information content (AvgIpc) is 2.61. The number of amides is 1. The molecule has 0 radical (unpaired) electrons. The lowest BCUT2D eigenvalue weighted by Gasteiger charge is -2.36. The van der Waals surface area contributed by atoms with Crippen molar-refractivity contribution in [3.63, 3.8) is 0 Å². The second kappa shape index (κ2) is 7.45. The van der Waals surface area contributed by atoms with E-state index in [4.69, 9.17) is 10.5 Å². The van der Waals surface area contributed by atoms with Crippen molar-refractivity contribution in [2.75, 3.05) is 6.54 Å². The van der Waals surface area contributed by atoms with Gasteiger partial charge in [0.2, 0.25) is 0 Å². The van der Waals surface area contributed by atoms with Crippen LogP contribution >= 0.6 is 0 Å². The van der Waals surface area contributed by atoms with Crippen molar-refractivity contribution in [3.8, 4) is 5.75 Å². The molecule has 24 heavy (non-hydrogen) atoms. The summed E-state index contributed by atoms with van der Waals surface area (Å²) in [4.78, 5) is 18.7. The summed E-state index contributed by atoms with van der Waals surface area (Å²) in [5, 5.41) is 0. The number of nitrogens with two attached hydrogens (primary N) is 1. The topological polar surface area (TPSA) is 68.5 Å². The van der Waals surface area contributed by atoms with Gasteiger partial charge in [-0.15, -0.1) is 0 Å². The Bertz CT molecular complexity index is 690. The first kappa shape index (κ1) is 16.5. The molecule has 1 aliphatic rings. The monoisotopic (exact) mass is 325 g/mol. The van der Waals surface area contributed by atoms with Crippen molar-refractivity contribution in [1.29, 1.82) is 0 Å². The van der Waals surface area contributed by atoms with Gasteiger partial charge in [0.05, 0.1) is 0 Å². The van der Waals surface area contributed by atoms with Crippen molar-refractivity contribution in [2.45, 2.75) is 38.5 Å². The predicted octanol–water partition coefficient (Wildman–Crippen LogP) is 2.61. The van der Waals surface area contributed by atoms with Crippen LogP contribution in [0, 0.1) is 0 Å². The first-order valence-corrected chi connectivity index (χ1v) is 8.32. The fourth-order valence-corrected chi connectivity index (χ4v) is 3.05. The van der Waals surface area contributed by atoms with E-state index in [0.29, 0.717) is 24.5 Å². The van der Waals surface area contributed by atoms with Crippen LogP contribution < -0.4 is 10.5 Å². The van der Waals surface area contributed by atoms with Crippen LogP contribution in [0.2, 0.25) is 0 Å². The Morgan fingerprint density at radius 2 is 2.25 bits per heavy atom. The minimum atomic E-state index is 0.0428. The Kier molecular flexibility index (Phi) is 5.11. The average molecular weight is 325 g/mol. The molecule has 5 nitrogen and oxygen atoms in total. The maximum Gasteiger partial charge on any atom is 0.254 e. The number of piperidine rings is 1. The summed E-state index contributed by atoms with van der Waals surface area (Å²) >= 11 is 0. The molecule has 5 heteroatoms. The van der Waals surface area contributed by atoms with Gasteiger partial charge in [-0.1, -0.05) is 12.1 Å². The third-order valence-electron chi connectivity index (χ3n) is 4.39. The van der Waals surface area contributed by atoms with Gasteiger partial charge in [0.15, 0.2) is 0 Å². The van der Waals surface area contributed by atoms with Gasteiger partial charge in [-0.2, -0.15) is 0 Å². The van der Waals surface area contributed by atoms with Gasteiger partial charge in [0.25, 0.3) is 5.91 Å². The number of carbonyl (C=O) groups excluding carboxylic acids is 1. The Labute approximate surface area is 142 Å². The van der Waals surface area contributed by atoms with Crippen LogP contribution in [-0.4, -0.2) is 34.4 Å². The summed E-state index contributed by atoms with van der Waals surface area (Å²) in [6.45, 7) is 3.20. The maximum atomic E-state index is 12.8. The van der Waals surface area contributed by atoms with E-state index in [1.165, 1.54) is 0 Å². The summed E-state index contributed by atoms with van der Waals surface area (Å²) in [6.07, 6.45) is 5.21. The summed E-state index contributed by atoms with van der Waals surface area (Å²) in [6, 6.07) is 11.6. The number of nitrogens with zero attached hydrogens (tertiary/aromatic N) is 2. The first-order valence-electron chi connectivity index (χ1n) is 8.32. The van der Waals surface area contributed by atoms with Crippen molar-refractivity contribution in [1.82, 2.24) is 9.88 Å². The highest BCUT2D eigenvalue weighted by Gasteiger charge is 2.27. The number of carbonyl (C=O) groups is 1. The van der Waals surface area contributed by atoms with Crippen LogP contribution in [0.25, 0.3) is 0 Å². The van der Waals surface area contributed by atoms with Crippen LogP contribution in [0.5, 0.6) is 5.75 Å². The smallest absolute Gasteiger partial charge is 0.254 e. The lowest BCUT2D eigenvalue weighted by molar-refractivity contribution is 0.0618. The minimum Gasteiger partial charge on any atom is -0.489 e. The van der Waals surface area contributed by atoms with Crippen LogP contribution in [0.1, 0.15) is 35.7 Å². The van der Waals surface area contributed by atoms with E-state index in [2.05, 4.69) is 11.9 Å². The number of hydrogen-bond acceptors (Lipinski definition) is 4. The number of aromatic nitrogens is 1. The van der Waals surface area contributed by atoms with Gasteiger partial charge < -0.3 is 15.4 Å². The van der Waals surface area contributed by atoms with E-state index in [1.807, 2.05) is 35.2 Å². The highest BCUT2D eigenvalue weighted by Crippen LogP contribution is 2.21. The lowest BCUT2D eigenvalue weighted by Crippen LogP contribution is -2.48. The van der Waals surface area contributed by atoms with Gasteiger partial charge in [-0.25, -0.2) is 0 Å². The largest absolute Gasteiger partial charge is 0.489 e. The van der Waals surface area contributed by atoms with Crippen LogP contribution in [0.4, 0.5) is 0 Å². The number of pyridine rings is 1. The zero-order valence-corrected chi connectivity index (χ0v) is 13.9. The normalized spacial score (nSPS) is 20.7. The summed E-state index contributed by atoms with van der Waals surface area (Å²) in [5.41, 5.74) is 7.63. The predicted molar refractivity (Wildman–Crippen MR) is 92.7 cm³/mol. The third kappa shape index (κ3) is 3.92. The van der Waals surface area contributed by atoms with E-state index >= 15 is 0 Å². The molecule has 1 aromatic carbocycles. The lowest BCUT2D eigenvalue weighted by atomic mass is 9.98. The fraction of sp³-hybridized carbons (Fsp3) is 0.368. The zero-order valence-electron chi connectivity index (χ0n) is 13.9. The second-order valence-electron chi connectivity index (χ2n) is 6.31. The number of rotatable bonds is 4. The highest BCUT2D eigenvalue weighted by molar-refractivity contribution is 5.94. The summed E-state index contributed by atoms with van der Waals surface area (Å²) in [7, 11) is 0.